The Morgan fingerprint density at radius 3 is 3.00 bits per heavy atom. The van der Waals surface area contributed by atoms with Gasteiger partial charge >= 0.3 is 0 Å². The first-order chi connectivity index (χ1) is 8.20. The molecule has 2 N–H and O–H groups in total. The van der Waals surface area contributed by atoms with Crippen molar-refractivity contribution in [3.05, 3.63) is 28.8 Å². The van der Waals surface area contributed by atoms with Gasteiger partial charge in [0.2, 0.25) is 0 Å². The number of benzene rings is 1. The molecule has 17 heavy (non-hydrogen) atoms. The van der Waals surface area contributed by atoms with Gasteiger partial charge in [0.1, 0.15) is 0 Å². The second-order valence-electron chi connectivity index (χ2n) is 4.97. The molecule has 1 aromatic carbocycles. The summed E-state index contributed by atoms with van der Waals surface area (Å²) >= 11 is 6.18. The lowest BCUT2D eigenvalue weighted by molar-refractivity contribution is 0.396. The number of halogens is 1. The number of aryl methyl sites for hydroxylation is 1. The molecule has 0 amide bonds. The maximum atomic E-state index is 6.18. The Balaban J connectivity index is 2.08. The molecule has 1 aliphatic heterocycles. The van der Waals surface area contributed by atoms with Crippen LogP contribution in [0.4, 0.5) is 5.69 Å². The summed E-state index contributed by atoms with van der Waals surface area (Å²) in [4.78, 5) is 2.44. The highest BCUT2D eigenvalue weighted by Gasteiger charge is 2.19. The Labute approximate surface area is 109 Å². The van der Waals surface area contributed by atoms with Crippen molar-refractivity contribution in [1.29, 1.82) is 0 Å². The fraction of sp³-hybridized carbons (Fsp3) is 0.571. The van der Waals surface area contributed by atoms with Gasteiger partial charge in [-0.1, -0.05) is 17.7 Å². The molecule has 2 rings (SSSR count). The molecule has 0 spiro atoms. The molecule has 1 fully saturated rings. The first kappa shape index (κ1) is 12.7. The monoisotopic (exact) mass is 252 g/mol. The van der Waals surface area contributed by atoms with Crippen LogP contribution in [0.5, 0.6) is 0 Å². The molecule has 1 atom stereocenters. The Bertz CT molecular complexity index is 376. The van der Waals surface area contributed by atoms with E-state index in [1.54, 1.807) is 0 Å². The molecule has 1 saturated heterocycles. The molecule has 3 heteroatoms. The van der Waals surface area contributed by atoms with Gasteiger partial charge < -0.3 is 10.6 Å². The molecule has 2 nitrogen and oxygen atoms in total. The van der Waals surface area contributed by atoms with Crippen LogP contribution < -0.4 is 10.6 Å². The van der Waals surface area contributed by atoms with Gasteiger partial charge in [0.25, 0.3) is 0 Å². The summed E-state index contributed by atoms with van der Waals surface area (Å²) in [5.41, 5.74) is 8.04. The number of nitrogens with two attached hydrogens (primary N) is 1. The summed E-state index contributed by atoms with van der Waals surface area (Å²) in [5.74, 6) is 0.744. The molecule has 0 bridgehead atoms. The molecule has 1 aromatic rings. The van der Waals surface area contributed by atoms with E-state index in [2.05, 4.69) is 23.1 Å². The van der Waals surface area contributed by atoms with Crippen molar-refractivity contribution in [2.75, 3.05) is 24.5 Å². The van der Waals surface area contributed by atoms with Crippen LogP contribution in [0, 0.1) is 12.8 Å². The Morgan fingerprint density at radius 1 is 1.47 bits per heavy atom. The number of hydrogen-bond donors (Lipinski definition) is 1. The van der Waals surface area contributed by atoms with Gasteiger partial charge in [-0.15, -0.1) is 0 Å². The van der Waals surface area contributed by atoms with Crippen LogP contribution in [0.3, 0.4) is 0 Å². The Kier molecular flexibility index (Phi) is 4.30. The van der Waals surface area contributed by atoms with Gasteiger partial charge in [0.15, 0.2) is 0 Å². The third kappa shape index (κ3) is 3.14. The van der Waals surface area contributed by atoms with Crippen LogP contribution in [0.15, 0.2) is 18.2 Å². The molecule has 0 aliphatic carbocycles. The highest BCUT2D eigenvalue weighted by molar-refractivity contribution is 6.31. The zero-order chi connectivity index (χ0) is 12.3. The van der Waals surface area contributed by atoms with Crippen molar-refractivity contribution >= 4 is 17.3 Å². The fourth-order valence-corrected chi connectivity index (χ4v) is 2.72. The zero-order valence-electron chi connectivity index (χ0n) is 10.5. The number of anilines is 1. The molecule has 1 unspecified atom stereocenters. The van der Waals surface area contributed by atoms with Gasteiger partial charge in [0.05, 0.1) is 0 Å². The highest BCUT2D eigenvalue weighted by Crippen LogP contribution is 2.28. The van der Waals surface area contributed by atoms with Crippen molar-refractivity contribution in [3.63, 3.8) is 0 Å². The Hall–Kier alpha value is -0.730. The van der Waals surface area contributed by atoms with Crippen LogP contribution >= 0.6 is 11.6 Å². The normalized spacial score (nSPS) is 20.6. The van der Waals surface area contributed by atoms with Crippen molar-refractivity contribution in [3.8, 4) is 0 Å². The average molecular weight is 253 g/mol. The third-order valence-electron chi connectivity index (χ3n) is 3.61. The molecular weight excluding hydrogens is 232 g/mol. The largest absolute Gasteiger partial charge is 0.371 e. The summed E-state index contributed by atoms with van der Waals surface area (Å²) < 4.78 is 0. The van der Waals surface area contributed by atoms with E-state index in [0.717, 1.165) is 42.6 Å². The van der Waals surface area contributed by atoms with Crippen LogP contribution in [-0.2, 0) is 0 Å². The number of rotatable bonds is 3. The highest BCUT2D eigenvalue weighted by atomic mass is 35.5. The van der Waals surface area contributed by atoms with Gasteiger partial charge in [-0.2, -0.15) is 0 Å². The summed E-state index contributed by atoms with van der Waals surface area (Å²) in [7, 11) is 0. The first-order valence-corrected chi connectivity index (χ1v) is 6.79. The van der Waals surface area contributed by atoms with E-state index in [4.69, 9.17) is 17.3 Å². The second-order valence-corrected chi connectivity index (χ2v) is 5.37. The van der Waals surface area contributed by atoms with E-state index < -0.39 is 0 Å². The summed E-state index contributed by atoms with van der Waals surface area (Å²) in [6, 6.07) is 6.36. The van der Waals surface area contributed by atoms with Crippen LogP contribution in [-0.4, -0.2) is 19.6 Å². The molecule has 0 saturated carbocycles. The predicted molar refractivity (Wildman–Crippen MR) is 74.8 cm³/mol. The zero-order valence-corrected chi connectivity index (χ0v) is 11.2. The third-order valence-corrected chi connectivity index (χ3v) is 4.02. The van der Waals surface area contributed by atoms with Gasteiger partial charge in [-0.3, -0.25) is 0 Å². The van der Waals surface area contributed by atoms with E-state index in [9.17, 15) is 0 Å². The van der Waals surface area contributed by atoms with Crippen LogP contribution in [0.1, 0.15) is 24.8 Å². The molecule has 1 heterocycles. The van der Waals surface area contributed by atoms with Gasteiger partial charge in [0, 0.05) is 23.8 Å². The van der Waals surface area contributed by atoms with Crippen LogP contribution in [0.25, 0.3) is 0 Å². The molecule has 1 aliphatic rings. The maximum Gasteiger partial charge on any atom is 0.0455 e. The summed E-state index contributed by atoms with van der Waals surface area (Å²) in [6.07, 6.45) is 3.71. The number of hydrogen-bond acceptors (Lipinski definition) is 2. The fourth-order valence-electron chi connectivity index (χ4n) is 2.55. The summed E-state index contributed by atoms with van der Waals surface area (Å²) in [6.45, 7) is 5.10. The quantitative estimate of drug-likeness (QED) is 0.895. The lowest BCUT2D eigenvalue weighted by Gasteiger charge is -2.34. The predicted octanol–water partition coefficient (Wildman–Crippen LogP) is 3.21. The lowest BCUT2D eigenvalue weighted by atomic mass is 9.94. The Morgan fingerprint density at radius 2 is 2.29 bits per heavy atom. The lowest BCUT2D eigenvalue weighted by Crippen LogP contribution is -2.36. The molecule has 0 aromatic heterocycles. The standard InChI is InChI=1S/C14H21ClN2/c1-11-4-5-13(9-14(11)15)17-8-2-3-12(10-17)6-7-16/h4-5,9,12H,2-3,6-8,10,16H2,1H3. The van der Waals surface area contributed by atoms with Crippen molar-refractivity contribution < 1.29 is 0 Å². The minimum absolute atomic E-state index is 0.744. The van der Waals surface area contributed by atoms with Crippen molar-refractivity contribution in [2.24, 2.45) is 11.7 Å². The average Bonchev–Trinajstić information content (AvgIpc) is 2.33. The first-order valence-electron chi connectivity index (χ1n) is 6.42. The molecule has 0 radical (unpaired) electrons. The molecular formula is C14H21ClN2. The topological polar surface area (TPSA) is 29.3 Å². The second kappa shape index (κ2) is 5.74. The van der Waals surface area contributed by atoms with Gasteiger partial charge in [-0.25, -0.2) is 0 Å². The molecule has 94 valence electrons. The maximum absolute atomic E-state index is 6.18. The van der Waals surface area contributed by atoms with Crippen molar-refractivity contribution in [1.82, 2.24) is 0 Å². The minimum atomic E-state index is 0.744. The number of piperidine rings is 1. The van der Waals surface area contributed by atoms with E-state index in [0.29, 0.717) is 0 Å². The van der Waals surface area contributed by atoms with Gasteiger partial charge in [-0.05, 0) is 56.3 Å². The number of nitrogens with zero attached hydrogens (tertiary/aromatic N) is 1. The van der Waals surface area contributed by atoms with E-state index in [1.165, 1.54) is 18.5 Å². The van der Waals surface area contributed by atoms with Crippen molar-refractivity contribution in [2.45, 2.75) is 26.2 Å². The minimum Gasteiger partial charge on any atom is -0.371 e. The van der Waals surface area contributed by atoms with E-state index >= 15 is 0 Å². The van der Waals surface area contributed by atoms with E-state index in [1.807, 2.05) is 6.92 Å². The van der Waals surface area contributed by atoms with Crippen LogP contribution in [0.2, 0.25) is 5.02 Å². The summed E-state index contributed by atoms with van der Waals surface area (Å²) in [5, 5.41) is 0.864. The smallest absolute Gasteiger partial charge is 0.0455 e. The van der Waals surface area contributed by atoms with E-state index in [-0.39, 0.29) is 0 Å². The SMILES string of the molecule is Cc1ccc(N2CCCC(CCN)C2)cc1Cl.